The number of hydrogen-bond acceptors (Lipinski definition) is 4. The second kappa shape index (κ2) is 4.78. The van der Waals surface area contributed by atoms with Crippen molar-refractivity contribution >= 4 is 11.0 Å². The molecule has 2 heterocycles. The smallest absolute Gasteiger partial charge is 0.0934 e. The molecule has 0 amide bonds. The highest BCUT2D eigenvalue weighted by atomic mass is 15.2. The summed E-state index contributed by atoms with van der Waals surface area (Å²) in [6.07, 6.45) is 7.96. The zero-order valence-electron chi connectivity index (χ0n) is 10.7. The zero-order chi connectivity index (χ0) is 13.2. The molecule has 96 valence electrons. The van der Waals surface area contributed by atoms with Gasteiger partial charge in [-0.05, 0) is 23.6 Å². The van der Waals surface area contributed by atoms with Crippen LogP contribution in [0.25, 0.3) is 11.0 Å². The summed E-state index contributed by atoms with van der Waals surface area (Å²) >= 11 is 0. The number of aromatic nitrogens is 4. The van der Waals surface area contributed by atoms with Crippen LogP contribution >= 0.6 is 0 Å². The number of fused-ring (bicyclic) bond motifs is 1. The van der Waals surface area contributed by atoms with Crippen LogP contribution in [0.5, 0.6) is 0 Å². The lowest BCUT2D eigenvalue weighted by atomic mass is 10.00. The summed E-state index contributed by atoms with van der Waals surface area (Å²) in [6.45, 7) is 0. The molecule has 0 saturated carbocycles. The van der Waals surface area contributed by atoms with E-state index >= 15 is 0 Å². The maximum atomic E-state index is 6.30. The molecule has 0 aliphatic carbocycles. The molecule has 3 rings (SSSR count). The largest absolute Gasteiger partial charge is 0.324 e. The second-order valence-corrected chi connectivity index (χ2v) is 4.60. The number of nitrogens with zero attached hydrogens (tertiary/aromatic N) is 4. The summed E-state index contributed by atoms with van der Waals surface area (Å²) < 4.78 is 1.78. The van der Waals surface area contributed by atoms with Crippen molar-refractivity contribution in [3.05, 3.63) is 54.1 Å². The van der Waals surface area contributed by atoms with Crippen LogP contribution in [0, 0.1) is 0 Å². The van der Waals surface area contributed by atoms with E-state index in [1.807, 2.05) is 37.6 Å². The summed E-state index contributed by atoms with van der Waals surface area (Å²) in [4.78, 5) is 8.69. The first-order valence-electron chi connectivity index (χ1n) is 6.17. The molecule has 1 atom stereocenters. The Labute approximate surface area is 111 Å². The van der Waals surface area contributed by atoms with E-state index in [1.165, 1.54) is 0 Å². The number of nitrogens with two attached hydrogens (primary N) is 1. The lowest BCUT2D eigenvalue weighted by molar-refractivity contribution is 0.723. The number of para-hydroxylation sites is 1. The number of aryl methyl sites for hydroxylation is 1. The highest BCUT2D eigenvalue weighted by molar-refractivity contribution is 5.78. The highest BCUT2D eigenvalue weighted by Gasteiger charge is 2.12. The Bertz CT molecular complexity index is 698. The number of hydrogen-bond donors (Lipinski definition) is 1. The Kier molecular flexibility index (Phi) is 2.97. The Morgan fingerprint density at radius 3 is 2.89 bits per heavy atom. The van der Waals surface area contributed by atoms with Gasteiger partial charge in [0.2, 0.25) is 0 Å². The van der Waals surface area contributed by atoms with Crippen LogP contribution in [0.1, 0.15) is 17.2 Å². The monoisotopic (exact) mass is 253 g/mol. The predicted octanol–water partition coefficient (Wildman–Crippen LogP) is 1.61. The Morgan fingerprint density at radius 1 is 1.26 bits per heavy atom. The molecular formula is C14H15N5. The fraction of sp³-hybridized carbons (Fsp3) is 0.214. The highest BCUT2D eigenvalue weighted by Crippen LogP contribution is 2.22. The molecule has 5 nitrogen and oxygen atoms in total. The van der Waals surface area contributed by atoms with Crippen molar-refractivity contribution in [2.45, 2.75) is 12.5 Å². The van der Waals surface area contributed by atoms with Crippen LogP contribution in [0.4, 0.5) is 0 Å². The molecule has 1 unspecified atom stereocenters. The third-order valence-corrected chi connectivity index (χ3v) is 3.14. The van der Waals surface area contributed by atoms with Crippen LogP contribution < -0.4 is 5.73 Å². The molecule has 2 aromatic heterocycles. The van der Waals surface area contributed by atoms with Crippen LogP contribution in [0.2, 0.25) is 0 Å². The number of rotatable bonds is 3. The van der Waals surface area contributed by atoms with Gasteiger partial charge in [0.05, 0.1) is 17.2 Å². The summed E-state index contributed by atoms with van der Waals surface area (Å²) in [5.41, 5.74) is 10.2. The Morgan fingerprint density at radius 2 is 2.11 bits per heavy atom. The van der Waals surface area contributed by atoms with Gasteiger partial charge in [0.1, 0.15) is 0 Å². The lowest BCUT2D eigenvalue weighted by Crippen LogP contribution is -2.14. The SMILES string of the molecule is Cn1cc(CC(N)c2cccc3nccnc23)cn1. The third kappa shape index (κ3) is 2.32. The van der Waals surface area contributed by atoms with Crippen molar-refractivity contribution in [2.24, 2.45) is 12.8 Å². The predicted molar refractivity (Wildman–Crippen MR) is 73.4 cm³/mol. The first-order valence-corrected chi connectivity index (χ1v) is 6.17. The van der Waals surface area contributed by atoms with E-state index < -0.39 is 0 Å². The molecule has 2 N–H and O–H groups in total. The maximum absolute atomic E-state index is 6.30. The van der Waals surface area contributed by atoms with Gasteiger partial charge in [-0.2, -0.15) is 5.10 Å². The van der Waals surface area contributed by atoms with Crippen molar-refractivity contribution in [3.63, 3.8) is 0 Å². The van der Waals surface area contributed by atoms with Gasteiger partial charge in [-0.15, -0.1) is 0 Å². The average molecular weight is 253 g/mol. The Balaban J connectivity index is 1.95. The van der Waals surface area contributed by atoms with E-state index in [0.717, 1.165) is 28.6 Å². The topological polar surface area (TPSA) is 69.6 Å². The molecule has 3 aromatic rings. The number of benzene rings is 1. The maximum Gasteiger partial charge on any atom is 0.0934 e. The molecular weight excluding hydrogens is 238 g/mol. The first kappa shape index (κ1) is 11.8. The molecule has 0 aliphatic rings. The van der Waals surface area contributed by atoms with Gasteiger partial charge in [0, 0.05) is 31.7 Å². The van der Waals surface area contributed by atoms with Crippen LogP contribution in [-0.4, -0.2) is 19.7 Å². The summed E-state index contributed by atoms with van der Waals surface area (Å²) in [6, 6.07) is 5.82. The lowest BCUT2D eigenvalue weighted by Gasteiger charge is -2.12. The van der Waals surface area contributed by atoms with E-state index in [2.05, 4.69) is 15.1 Å². The quantitative estimate of drug-likeness (QED) is 0.769. The van der Waals surface area contributed by atoms with Gasteiger partial charge in [-0.25, -0.2) is 0 Å². The van der Waals surface area contributed by atoms with Gasteiger partial charge in [-0.3, -0.25) is 14.6 Å². The molecule has 0 radical (unpaired) electrons. The van der Waals surface area contributed by atoms with Gasteiger partial charge < -0.3 is 5.73 Å². The van der Waals surface area contributed by atoms with Crippen LogP contribution in [0.15, 0.2) is 43.0 Å². The third-order valence-electron chi connectivity index (χ3n) is 3.14. The van der Waals surface area contributed by atoms with E-state index in [9.17, 15) is 0 Å². The van der Waals surface area contributed by atoms with Crippen LogP contribution in [0.3, 0.4) is 0 Å². The van der Waals surface area contributed by atoms with E-state index in [-0.39, 0.29) is 6.04 Å². The normalized spacial score (nSPS) is 12.7. The Hall–Kier alpha value is -2.27. The summed E-state index contributed by atoms with van der Waals surface area (Å²) in [7, 11) is 1.90. The van der Waals surface area contributed by atoms with E-state index in [4.69, 9.17) is 5.73 Å². The standard InChI is InChI=1S/C14H15N5/c1-19-9-10(8-18-19)7-12(15)11-3-2-4-13-14(11)17-6-5-16-13/h2-6,8-9,12H,7,15H2,1H3. The molecule has 5 heteroatoms. The minimum atomic E-state index is -0.107. The summed E-state index contributed by atoms with van der Waals surface area (Å²) in [5.74, 6) is 0. The average Bonchev–Trinajstić information content (AvgIpc) is 2.83. The minimum absolute atomic E-state index is 0.107. The molecule has 0 bridgehead atoms. The van der Waals surface area contributed by atoms with Gasteiger partial charge in [-0.1, -0.05) is 12.1 Å². The molecule has 1 aromatic carbocycles. The molecule has 0 aliphatic heterocycles. The molecule has 19 heavy (non-hydrogen) atoms. The van der Waals surface area contributed by atoms with E-state index in [0.29, 0.717) is 0 Å². The van der Waals surface area contributed by atoms with Crippen LogP contribution in [-0.2, 0) is 13.5 Å². The minimum Gasteiger partial charge on any atom is -0.324 e. The molecule has 0 fully saturated rings. The second-order valence-electron chi connectivity index (χ2n) is 4.60. The fourth-order valence-electron chi connectivity index (χ4n) is 2.26. The van der Waals surface area contributed by atoms with Crippen molar-refractivity contribution in [3.8, 4) is 0 Å². The van der Waals surface area contributed by atoms with Crippen molar-refractivity contribution in [1.82, 2.24) is 19.7 Å². The van der Waals surface area contributed by atoms with Crippen molar-refractivity contribution in [2.75, 3.05) is 0 Å². The van der Waals surface area contributed by atoms with E-state index in [1.54, 1.807) is 17.1 Å². The van der Waals surface area contributed by atoms with Crippen molar-refractivity contribution < 1.29 is 0 Å². The van der Waals surface area contributed by atoms with Crippen molar-refractivity contribution in [1.29, 1.82) is 0 Å². The first-order chi connectivity index (χ1) is 9.24. The molecule has 0 saturated heterocycles. The van der Waals surface area contributed by atoms with Gasteiger partial charge in [0.25, 0.3) is 0 Å². The fourth-order valence-corrected chi connectivity index (χ4v) is 2.26. The van der Waals surface area contributed by atoms with Gasteiger partial charge >= 0.3 is 0 Å². The zero-order valence-corrected chi connectivity index (χ0v) is 10.7. The van der Waals surface area contributed by atoms with Gasteiger partial charge in [0.15, 0.2) is 0 Å². The molecule has 0 spiro atoms. The summed E-state index contributed by atoms with van der Waals surface area (Å²) in [5, 5.41) is 4.16.